The fraction of sp³-hybridized carbons (Fsp3) is 0.318. The minimum atomic E-state index is -0.606. The van der Waals surface area contributed by atoms with Gasteiger partial charge in [0.2, 0.25) is 0 Å². The van der Waals surface area contributed by atoms with Crippen LogP contribution in [0.2, 0.25) is 5.02 Å². The summed E-state index contributed by atoms with van der Waals surface area (Å²) in [5.41, 5.74) is 1.77. The standard InChI is InChI=1S/C22H23ClN2O5/c1-4-8-29-21-17(23)9-15(10-18(21)28-5-2)22(27)30-13-16-11-20(26)25-12-14(3)6-7-19(25)24-16/h6-7,9-12H,4-5,8,13H2,1-3H3. The van der Waals surface area contributed by atoms with E-state index >= 15 is 0 Å². The molecule has 2 heterocycles. The highest BCUT2D eigenvalue weighted by atomic mass is 35.5. The lowest BCUT2D eigenvalue weighted by molar-refractivity contribution is 0.0467. The van der Waals surface area contributed by atoms with Crippen molar-refractivity contribution in [2.75, 3.05) is 13.2 Å². The van der Waals surface area contributed by atoms with Crippen molar-refractivity contribution in [1.82, 2.24) is 9.38 Å². The summed E-state index contributed by atoms with van der Waals surface area (Å²) in [7, 11) is 0. The van der Waals surface area contributed by atoms with E-state index in [-0.39, 0.29) is 22.8 Å². The zero-order valence-corrected chi connectivity index (χ0v) is 17.9. The molecule has 3 rings (SSSR count). The van der Waals surface area contributed by atoms with Crippen LogP contribution in [0.3, 0.4) is 0 Å². The SMILES string of the molecule is CCCOc1c(Cl)cc(C(=O)OCc2cc(=O)n3cc(C)ccc3n2)cc1OCC. The molecule has 0 amide bonds. The Bertz CT molecular complexity index is 1130. The third-order valence-corrected chi connectivity index (χ3v) is 4.49. The van der Waals surface area contributed by atoms with Gasteiger partial charge in [-0.05, 0) is 44.0 Å². The van der Waals surface area contributed by atoms with Gasteiger partial charge in [-0.2, -0.15) is 0 Å². The monoisotopic (exact) mass is 430 g/mol. The smallest absolute Gasteiger partial charge is 0.338 e. The Morgan fingerprint density at radius 1 is 1.17 bits per heavy atom. The summed E-state index contributed by atoms with van der Waals surface area (Å²) in [5.74, 6) is 0.171. The molecule has 0 atom stereocenters. The molecule has 0 saturated heterocycles. The molecule has 0 aliphatic carbocycles. The second kappa shape index (κ2) is 9.63. The normalized spacial score (nSPS) is 10.8. The van der Waals surface area contributed by atoms with Gasteiger partial charge in [0.15, 0.2) is 11.5 Å². The summed E-state index contributed by atoms with van der Waals surface area (Å²) >= 11 is 6.30. The third-order valence-electron chi connectivity index (χ3n) is 4.21. The highest BCUT2D eigenvalue weighted by Gasteiger charge is 2.18. The van der Waals surface area contributed by atoms with E-state index in [1.165, 1.54) is 22.6 Å². The van der Waals surface area contributed by atoms with Gasteiger partial charge in [0.05, 0.1) is 29.5 Å². The quantitative estimate of drug-likeness (QED) is 0.498. The van der Waals surface area contributed by atoms with Crippen LogP contribution in [0.5, 0.6) is 11.5 Å². The maximum Gasteiger partial charge on any atom is 0.338 e. The lowest BCUT2D eigenvalue weighted by atomic mass is 10.2. The number of hydrogen-bond donors (Lipinski definition) is 0. The zero-order chi connectivity index (χ0) is 21.7. The fourth-order valence-electron chi connectivity index (χ4n) is 2.85. The van der Waals surface area contributed by atoms with Gasteiger partial charge in [-0.1, -0.05) is 24.6 Å². The second-order valence-corrected chi connectivity index (χ2v) is 7.07. The van der Waals surface area contributed by atoms with Gasteiger partial charge in [-0.15, -0.1) is 0 Å². The average Bonchev–Trinajstić information content (AvgIpc) is 2.72. The van der Waals surface area contributed by atoms with Crippen molar-refractivity contribution in [3.8, 4) is 11.5 Å². The van der Waals surface area contributed by atoms with E-state index in [0.29, 0.717) is 36.1 Å². The summed E-state index contributed by atoms with van der Waals surface area (Å²) in [4.78, 5) is 29.2. The number of nitrogens with zero attached hydrogens (tertiary/aromatic N) is 2. The number of ether oxygens (including phenoxy) is 3. The summed E-state index contributed by atoms with van der Waals surface area (Å²) in [6.07, 6.45) is 2.52. The fourth-order valence-corrected chi connectivity index (χ4v) is 3.11. The van der Waals surface area contributed by atoms with Gasteiger partial charge in [-0.3, -0.25) is 9.20 Å². The molecule has 0 N–H and O–H groups in total. The van der Waals surface area contributed by atoms with Gasteiger partial charge in [0, 0.05) is 12.3 Å². The van der Waals surface area contributed by atoms with Gasteiger partial charge >= 0.3 is 5.97 Å². The van der Waals surface area contributed by atoms with Crippen LogP contribution in [0.1, 0.15) is 41.9 Å². The lowest BCUT2D eigenvalue weighted by Crippen LogP contribution is -2.17. The largest absolute Gasteiger partial charge is 0.490 e. The van der Waals surface area contributed by atoms with Crippen LogP contribution in [0, 0.1) is 6.92 Å². The van der Waals surface area contributed by atoms with Crippen molar-refractivity contribution >= 4 is 23.2 Å². The first-order valence-corrected chi connectivity index (χ1v) is 10.1. The van der Waals surface area contributed by atoms with Gasteiger partial charge < -0.3 is 14.2 Å². The van der Waals surface area contributed by atoms with Crippen molar-refractivity contribution in [2.45, 2.75) is 33.8 Å². The number of fused-ring (bicyclic) bond motifs is 1. The molecule has 30 heavy (non-hydrogen) atoms. The first-order valence-electron chi connectivity index (χ1n) is 9.68. The Balaban J connectivity index is 1.80. The predicted molar refractivity (Wildman–Crippen MR) is 114 cm³/mol. The molecule has 0 radical (unpaired) electrons. The van der Waals surface area contributed by atoms with Gasteiger partial charge in [0.1, 0.15) is 12.3 Å². The molecule has 0 unspecified atom stereocenters. The number of pyridine rings is 1. The lowest BCUT2D eigenvalue weighted by Gasteiger charge is -2.14. The topological polar surface area (TPSA) is 79.1 Å². The number of rotatable bonds is 8. The molecule has 0 fully saturated rings. The summed E-state index contributed by atoms with van der Waals surface area (Å²) in [6, 6.07) is 7.96. The number of hydrogen-bond acceptors (Lipinski definition) is 6. The molecule has 1 aromatic carbocycles. The van der Waals surface area contributed by atoms with Crippen molar-refractivity contribution in [1.29, 1.82) is 0 Å². The van der Waals surface area contributed by atoms with Crippen molar-refractivity contribution in [3.05, 3.63) is 68.7 Å². The number of benzene rings is 1. The van der Waals surface area contributed by atoms with Crippen LogP contribution in [-0.2, 0) is 11.3 Å². The van der Waals surface area contributed by atoms with Crippen molar-refractivity contribution in [2.24, 2.45) is 0 Å². The van der Waals surface area contributed by atoms with Crippen LogP contribution in [0.15, 0.2) is 41.3 Å². The molecular formula is C22H23ClN2O5. The Morgan fingerprint density at radius 2 is 1.97 bits per heavy atom. The van der Waals surface area contributed by atoms with Crippen molar-refractivity contribution in [3.63, 3.8) is 0 Å². The number of carbonyl (C=O) groups excluding carboxylic acids is 1. The summed E-state index contributed by atoms with van der Waals surface area (Å²) < 4.78 is 18.0. The Hall–Kier alpha value is -3.06. The van der Waals surface area contributed by atoms with E-state index < -0.39 is 5.97 Å². The maximum absolute atomic E-state index is 12.6. The third kappa shape index (κ3) is 4.91. The van der Waals surface area contributed by atoms with Crippen molar-refractivity contribution < 1.29 is 19.0 Å². The van der Waals surface area contributed by atoms with Crippen LogP contribution < -0.4 is 15.0 Å². The molecule has 0 aliphatic rings. The Morgan fingerprint density at radius 3 is 2.70 bits per heavy atom. The highest BCUT2D eigenvalue weighted by molar-refractivity contribution is 6.32. The second-order valence-electron chi connectivity index (χ2n) is 6.66. The van der Waals surface area contributed by atoms with Crippen LogP contribution >= 0.6 is 11.6 Å². The summed E-state index contributed by atoms with van der Waals surface area (Å²) in [5, 5.41) is 0.263. The molecule has 0 saturated carbocycles. The Labute approximate surface area is 179 Å². The molecule has 0 spiro atoms. The van der Waals surface area contributed by atoms with E-state index in [1.54, 1.807) is 12.3 Å². The number of esters is 1. The van der Waals surface area contributed by atoms with E-state index in [4.69, 9.17) is 25.8 Å². The van der Waals surface area contributed by atoms with Crippen LogP contribution in [0.25, 0.3) is 5.65 Å². The molecule has 3 aromatic rings. The first kappa shape index (κ1) is 21.6. The average molecular weight is 431 g/mol. The van der Waals surface area contributed by atoms with E-state index in [1.807, 2.05) is 26.8 Å². The minimum Gasteiger partial charge on any atom is -0.490 e. The molecule has 0 bridgehead atoms. The van der Waals surface area contributed by atoms with Gasteiger partial charge in [0.25, 0.3) is 5.56 Å². The number of aromatic nitrogens is 2. The number of aryl methyl sites for hydroxylation is 1. The zero-order valence-electron chi connectivity index (χ0n) is 17.1. The number of halogens is 1. The first-order chi connectivity index (χ1) is 14.4. The van der Waals surface area contributed by atoms with E-state index in [0.717, 1.165) is 12.0 Å². The molecule has 0 aliphatic heterocycles. The maximum atomic E-state index is 12.6. The van der Waals surface area contributed by atoms with E-state index in [2.05, 4.69) is 4.98 Å². The van der Waals surface area contributed by atoms with Crippen LogP contribution in [-0.4, -0.2) is 28.6 Å². The Kier molecular flexibility index (Phi) is 6.95. The molecule has 2 aromatic heterocycles. The molecule has 7 nitrogen and oxygen atoms in total. The summed E-state index contributed by atoms with van der Waals surface area (Å²) in [6.45, 7) is 6.42. The van der Waals surface area contributed by atoms with E-state index in [9.17, 15) is 9.59 Å². The molecular weight excluding hydrogens is 408 g/mol. The number of carbonyl (C=O) groups is 1. The highest BCUT2D eigenvalue weighted by Crippen LogP contribution is 2.37. The minimum absolute atomic E-state index is 0.145. The molecule has 8 heteroatoms. The van der Waals surface area contributed by atoms with Crippen LogP contribution in [0.4, 0.5) is 0 Å². The predicted octanol–water partition coefficient (Wildman–Crippen LogP) is 4.20. The molecule has 158 valence electrons. The van der Waals surface area contributed by atoms with Gasteiger partial charge in [-0.25, -0.2) is 9.78 Å².